The highest BCUT2D eigenvalue weighted by molar-refractivity contribution is 5.96. The molecule has 2 aromatic rings. The Balaban J connectivity index is 1.66. The Hall–Kier alpha value is -3.08. The molecule has 1 atom stereocenters. The number of phenolic OH excluding ortho intramolecular Hbond substituents is 1. The normalized spacial score (nSPS) is 17.1. The lowest BCUT2D eigenvalue weighted by atomic mass is 9.86. The molecule has 0 saturated carbocycles. The number of hydrogen-bond acceptors (Lipinski definition) is 4. The zero-order valence-corrected chi connectivity index (χ0v) is 13.0. The molecule has 0 aromatic heterocycles. The van der Waals surface area contributed by atoms with Gasteiger partial charge in [0, 0.05) is 18.2 Å². The quantitative estimate of drug-likeness (QED) is 0.756. The lowest BCUT2D eigenvalue weighted by Gasteiger charge is -2.23. The van der Waals surface area contributed by atoms with Crippen molar-refractivity contribution in [3.63, 3.8) is 0 Å². The van der Waals surface area contributed by atoms with Gasteiger partial charge >= 0.3 is 0 Å². The van der Waals surface area contributed by atoms with Gasteiger partial charge in [-0.1, -0.05) is 42.5 Å². The zero-order valence-electron chi connectivity index (χ0n) is 13.0. The minimum Gasteiger partial charge on any atom is -0.507 e. The minimum atomic E-state index is -0.455. The lowest BCUT2D eigenvalue weighted by Crippen LogP contribution is -2.38. The van der Waals surface area contributed by atoms with Gasteiger partial charge < -0.3 is 10.5 Å². The Bertz CT molecular complexity index is 784. The maximum Gasteiger partial charge on any atom is 0.273 e. The molecule has 3 rings (SSSR count). The van der Waals surface area contributed by atoms with Crippen LogP contribution in [0.25, 0.3) is 0 Å². The summed E-state index contributed by atoms with van der Waals surface area (Å²) in [6.07, 6.45) is 2.62. The largest absolute Gasteiger partial charge is 0.507 e. The summed E-state index contributed by atoms with van der Waals surface area (Å²) < 4.78 is 0. The molecule has 5 nitrogen and oxygen atoms in total. The molecule has 0 heterocycles. The number of amides is 1. The van der Waals surface area contributed by atoms with E-state index in [-0.39, 0.29) is 23.0 Å². The molecule has 0 radical (unpaired) electrons. The number of carbonyl (C=O) groups excluding carboxylic acids is 2. The van der Waals surface area contributed by atoms with E-state index < -0.39 is 5.91 Å². The van der Waals surface area contributed by atoms with Crippen LogP contribution < -0.4 is 10.9 Å². The number of rotatable bonds is 4. The molecule has 1 amide bonds. The van der Waals surface area contributed by atoms with E-state index >= 15 is 0 Å². The summed E-state index contributed by atoms with van der Waals surface area (Å²) in [7, 11) is 0. The lowest BCUT2D eigenvalue weighted by molar-refractivity contribution is -0.115. The van der Waals surface area contributed by atoms with Gasteiger partial charge in [0.15, 0.2) is 5.78 Å². The van der Waals surface area contributed by atoms with Crippen molar-refractivity contribution < 1.29 is 14.7 Å². The first-order valence-electron chi connectivity index (χ1n) is 7.76. The molecule has 122 valence electrons. The van der Waals surface area contributed by atoms with Gasteiger partial charge in [0.05, 0.1) is 5.56 Å². The summed E-state index contributed by atoms with van der Waals surface area (Å²) in [5.74, 6) is -0.432. The molecule has 24 heavy (non-hydrogen) atoms. The molecule has 0 aliphatic heterocycles. The fourth-order valence-electron chi connectivity index (χ4n) is 2.81. The maximum absolute atomic E-state index is 12.1. The van der Waals surface area contributed by atoms with E-state index in [1.165, 1.54) is 18.2 Å². The molecule has 5 heteroatoms. The molecule has 1 aliphatic carbocycles. The number of hydrogen-bond donors (Lipinski definition) is 3. The van der Waals surface area contributed by atoms with Gasteiger partial charge in [0.25, 0.3) is 5.91 Å². The molecular weight excluding hydrogens is 304 g/mol. The Kier molecular flexibility index (Phi) is 4.61. The summed E-state index contributed by atoms with van der Waals surface area (Å²) in [5, 5.41) is 9.69. The number of benzene rings is 2. The van der Waals surface area contributed by atoms with Crippen LogP contribution in [0, 0.1) is 0 Å². The molecule has 0 bridgehead atoms. The van der Waals surface area contributed by atoms with Gasteiger partial charge in [0.2, 0.25) is 0 Å². The molecular formula is C19H18N2O3. The van der Waals surface area contributed by atoms with Gasteiger partial charge in [-0.3, -0.25) is 15.0 Å². The number of allylic oxidation sites excluding steroid dienone is 2. The third-order valence-corrected chi connectivity index (χ3v) is 4.01. The van der Waals surface area contributed by atoms with Crippen molar-refractivity contribution in [2.45, 2.75) is 18.8 Å². The molecule has 0 fully saturated rings. The maximum atomic E-state index is 12.1. The summed E-state index contributed by atoms with van der Waals surface area (Å²) in [6.45, 7) is 0. The van der Waals surface area contributed by atoms with Crippen LogP contribution in [0.15, 0.2) is 66.4 Å². The fourth-order valence-corrected chi connectivity index (χ4v) is 2.81. The Morgan fingerprint density at radius 3 is 2.46 bits per heavy atom. The Morgan fingerprint density at radius 2 is 1.71 bits per heavy atom. The van der Waals surface area contributed by atoms with Crippen molar-refractivity contribution in [2.24, 2.45) is 0 Å². The molecule has 2 aromatic carbocycles. The monoisotopic (exact) mass is 322 g/mol. The van der Waals surface area contributed by atoms with E-state index in [1.54, 1.807) is 12.1 Å². The number of nitrogens with one attached hydrogen (secondary N) is 2. The molecule has 0 spiro atoms. The molecule has 0 saturated heterocycles. The highest BCUT2D eigenvalue weighted by Crippen LogP contribution is 2.30. The van der Waals surface area contributed by atoms with Crippen LogP contribution >= 0.6 is 0 Å². The van der Waals surface area contributed by atoms with Crippen molar-refractivity contribution in [2.75, 3.05) is 0 Å². The smallest absolute Gasteiger partial charge is 0.273 e. The van der Waals surface area contributed by atoms with E-state index in [1.807, 2.05) is 30.3 Å². The summed E-state index contributed by atoms with van der Waals surface area (Å²) in [4.78, 5) is 24.1. The van der Waals surface area contributed by atoms with Crippen LogP contribution in [0.1, 0.15) is 34.7 Å². The number of para-hydroxylation sites is 1. The van der Waals surface area contributed by atoms with Crippen LogP contribution in [0.5, 0.6) is 5.75 Å². The topological polar surface area (TPSA) is 78.4 Å². The van der Waals surface area contributed by atoms with Crippen molar-refractivity contribution in [3.05, 3.63) is 77.5 Å². The first kappa shape index (κ1) is 15.8. The third-order valence-electron chi connectivity index (χ3n) is 4.01. The number of phenols is 1. The predicted octanol–water partition coefficient (Wildman–Crippen LogP) is 2.66. The number of hydrazine groups is 1. The van der Waals surface area contributed by atoms with E-state index in [0.29, 0.717) is 18.5 Å². The fraction of sp³-hybridized carbons (Fsp3) is 0.158. The second-order valence-corrected chi connectivity index (χ2v) is 5.75. The first-order chi connectivity index (χ1) is 11.6. The van der Waals surface area contributed by atoms with E-state index in [2.05, 4.69) is 10.9 Å². The van der Waals surface area contributed by atoms with Crippen molar-refractivity contribution in [1.29, 1.82) is 0 Å². The van der Waals surface area contributed by atoms with Gasteiger partial charge in [-0.25, -0.2) is 0 Å². The van der Waals surface area contributed by atoms with Gasteiger partial charge in [0.1, 0.15) is 5.75 Å². The summed E-state index contributed by atoms with van der Waals surface area (Å²) in [5.41, 5.74) is 7.27. The van der Waals surface area contributed by atoms with Crippen molar-refractivity contribution >= 4 is 11.7 Å². The van der Waals surface area contributed by atoms with Crippen LogP contribution in [0.4, 0.5) is 0 Å². The number of ketones is 1. The van der Waals surface area contributed by atoms with E-state index in [0.717, 1.165) is 5.56 Å². The molecule has 1 aliphatic rings. The summed E-state index contributed by atoms with van der Waals surface area (Å²) >= 11 is 0. The van der Waals surface area contributed by atoms with E-state index in [9.17, 15) is 14.7 Å². The van der Waals surface area contributed by atoms with Gasteiger partial charge in [-0.2, -0.15) is 0 Å². The second kappa shape index (κ2) is 7.00. The van der Waals surface area contributed by atoms with Crippen molar-refractivity contribution in [3.8, 4) is 5.75 Å². The number of carbonyl (C=O) groups is 2. The SMILES string of the molecule is O=C1C=C(NNC(=O)c2ccccc2O)CC(c2ccccc2)C1. The van der Waals surface area contributed by atoms with Crippen LogP contribution in [0.2, 0.25) is 0 Å². The standard InChI is InChI=1S/C19H18N2O3/c22-16-11-14(13-6-2-1-3-7-13)10-15(12-16)20-21-19(24)17-8-4-5-9-18(17)23/h1-9,12,14,20,23H,10-11H2,(H,21,24). The highest BCUT2D eigenvalue weighted by atomic mass is 16.3. The Morgan fingerprint density at radius 1 is 1.00 bits per heavy atom. The van der Waals surface area contributed by atoms with Crippen LogP contribution in [-0.4, -0.2) is 16.8 Å². The predicted molar refractivity (Wildman–Crippen MR) is 90.2 cm³/mol. The highest BCUT2D eigenvalue weighted by Gasteiger charge is 2.22. The third kappa shape index (κ3) is 3.63. The molecule has 1 unspecified atom stereocenters. The molecule has 3 N–H and O–H groups in total. The van der Waals surface area contributed by atoms with Crippen molar-refractivity contribution in [1.82, 2.24) is 10.9 Å². The van der Waals surface area contributed by atoms with Crippen LogP contribution in [-0.2, 0) is 4.79 Å². The minimum absolute atomic E-state index is 0.0226. The van der Waals surface area contributed by atoms with E-state index in [4.69, 9.17) is 0 Å². The van der Waals surface area contributed by atoms with Gasteiger partial charge in [-0.15, -0.1) is 0 Å². The second-order valence-electron chi connectivity index (χ2n) is 5.75. The Labute approximate surface area is 140 Å². The van der Waals surface area contributed by atoms with Crippen LogP contribution in [0.3, 0.4) is 0 Å². The summed E-state index contributed by atoms with van der Waals surface area (Å²) in [6, 6.07) is 16.1. The van der Waals surface area contributed by atoms with Gasteiger partial charge in [-0.05, 0) is 30.0 Å². The first-order valence-corrected chi connectivity index (χ1v) is 7.76. The average Bonchev–Trinajstić information content (AvgIpc) is 2.60. The number of aromatic hydroxyl groups is 1. The average molecular weight is 322 g/mol. The zero-order chi connectivity index (χ0) is 16.9.